The number of aromatic nitrogens is 3. The van der Waals surface area contributed by atoms with Crippen LogP contribution in [0.3, 0.4) is 0 Å². The van der Waals surface area contributed by atoms with Crippen molar-refractivity contribution >= 4 is 26.7 Å². The molecule has 2 N–H and O–H groups in total. The third-order valence-corrected chi connectivity index (χ3v) is 3.75. The highest BCUT2D eigenvalue weighted by Crippen LogP contribution is 2.29. The van der Waals surface area contributed by atoms with Gasteiger partial charge < -0.3 is 10.1 Å². The van der Waals surface area contributed by atoms with E-state index in [9.17, 15) is 0 Å². The van der Waals surface area contributed by atoms with Crippen LogP contribution in [0, 0.1) is 6.92 Å². The van der Waals surface area contributed by atoms with E-state index in [1.165, 1.54) is 0 Å². The van der Waals surface area contributed by atoms with E-state index < -0.39 is 0 Å². The first-order valence-electron chi connectivity index (χ1n) is 5.94. The summed E-state index contributed by atoms with van der Waals surface area (Å²) >= 11 is 1.61. The lowest BCUT2D eigenvalue weighted by atomic mass is 10.3. The number of fused-ring (bicyclic) bond motifs is 1. The molecule has 0 aliphatic heterocycles. The third-order valence-electron chi connectivity index (χ3n) is 2.78. The van der Waals surface area contributed by atoms with Gasteiger partial charge >= 0.3 is 0 Å². The van der Waals surface area contributed by atoms with E-state index in [2.05, 4.69) is 20.5 Å². The second-order valence-electron chi connectivity index (χ2n) is 4.25. The fourth-order valence-electron chi connectivity index (χ4n) is 1.84. The van der Waals surface area contributed by atoms with Crippen molar-refractivity contribution in [3.05, 3.63) is 35.7 Å². The molecular weight excluding hydrogens is 260 g/mol. The Morgan fingerprint density at radius 1 is 1.37 bits per heavy atom. The standard InChI is InChI=1S/C13H14N4OS/c1-8-5-9(17-16-8)7-14-13-15-11-4-3-10(18-2)6-12(11)19-13/h3-6H,7H2,1-2H3,(H,14,15)(H,16,17). The van der Waals surface area contributed by atoms with Gasteiger partial charge in [0.05, 0.1) is 29.6 Å². The molecule has 0 atom stereocenters. The molecule has 0 saturated carbocycles. The number of hydrogen-bond donors (Lipinski definition) is 2. The van der Waals surface area contributed by atoms with E-state index in [0.717, 1.165) is 32.5 Å². The molecule has 6 heteroatoms. The summed E-state index contributed by atoms with van der Waals surface area (Å²) in [7, 11) is 1.67. The Morgan fingerprint density at radius 2 is 2.26 bits per heavy atom. The topological polar surface area (TPSA) is 62.8 Å². The van der Waals surface area contributed by atoms with E-state index >= 15 is 0 Å². The van der Waals surface area contributed by atoms with Gasteiger partial charge in [0, 0.05) is 5.69 Å². The highest BCUT2D eigenvalue weighted by Gasteiger charge is 2.05. The largest absolute Gasteiger partial charge is 0.497 e. The number of benzene rings is 1. The number of aromatic amines is 1. The van der Waals surface area contributed by atoms with Crippen molar-refractivity contribution in [3.63, 3.8) is 0 Å². The summed E-state index contributed by atoms with van der Waals surface area (Å²) < 4.78 is 6.32. The summed E-state index contributed by atoms with van der Waals surface area (Å²) in [5, 5.41) is 11.3. The van der Waals surface area contributed by atoms with Crippen molar-refractivity contribution in [2.45, 2.75) is 13.5 Å². The predicted octanol–water partition coefficient (Wildman–Crippen LogP) is 2.95. The lowest BCUT2D eigenvalue weighted by Crippen LogP contribution is -1.98. The van der Waals surface area contributed by atoms with Gasteiger partial charge in [-0.05, 0) is 31.2 Å². The zero-order valence-electron chi connectivity index (χ0n) is 10.7. The first-order chi connectivity index (χ1) is 9.24. The smallest absolute Gasteiger partial charge is 0.184 e. The Labute approximate surface area is 114 Å². The minimum atomic E-state index is 0.668. The van der Waals surface area contributed by atoms with Gasteiger partial charge in [-0.15, -0.1) is 0 Å². The first-order valence-corrected chi connectivity index (χ1v) is 6.75. The maximum absolute atomic E-state index is 5.21. The van der Waals surface area contributed by atoms with Crippen molar-refractivity contribution in [3.8, 4) is 5.75 Å². The van der Waals surface area contributed by atoms with Crippen molar-refractivity contribution < 1.29 is 4.74 Å². The molecule has 0 bridgehead atoms. The molecule has 0 unspecified atom stereocenters. The van der Waals surface area contributed by atoms with Gasteiger partial charge in [0.2, 0.25) is 0 Å². The zero-order valence-corrected chi connectivity index (χ0v) is 11.5. The van der Waals surface area contributed by atoms with Crippen molar-refractivity contribution in [2.75, 3.05) is 12.4 Å². The molecule has 0 aliphatic rings. The van der Waals surface area contributed by atoms with Crippen LogP contribution in [0.2, 0.25) is 0 Å². The summed E-state index contributed by atoms with van der Waals surface area (Å²) in [5.41, 5.74) is 3.02. The van der Waals surface area contributed by atoms with Gasteiger partial charge in [-0.1, -0.05) is 11.3 Å². The van der Waals surface area contributed by atoms with Crippen molar-refractivity contribution in [2.24, 2.45) is 0 Å². The molecule has 0 saturated heterocycles. The first kappa shape index (κ1) is 12.0. The molecule has 3 rings (SSSR count). The Hall–Kier alpha value is -2.08. The highest BCUT2D eigenvalue weighted by molar-refractivity contribution is 7.22. The SMILES string of the molecule is COc1ccc2nc(NCc3cc(C)[nH]n3)sc2c1. The Kier molecular flexibility index (Phi) is 3.08. The molecule has 0 aliphatic carbocycles. The number of hydrogen-bond acceptors (Lipinski definition) is 5. The van der Waals surface area contributed by atoms with Crippen LogP contribution < -0.4 is 10.1 Å². The molecule has 5 nitrogen and oxygen atoms in total. The van der Waals surface area contributed by atoms with Crippen LogP contribution in [0.5, 0.6) is 5.75 Å². The van der Waals surface area contributed by atoms with Crippen molar-refractivity contribution in [1.82, 2.24) is 15.2 Å². The molecule has 1 aromatic carbocycles. The fraction of sp³-hybridized carbons (Fsp3) is 0.231. The molecule has 19 heavy (non-hydrogen) atoms. The Bertz CT molecular complexity index is 704. The fourth-order valence-corrected chi connectivity index (χ4v) is 2.73. The predicted molar refractivity (Wildman–Crippen MR) is 76.8 cm³/mol. The summed E-state index contributed by atoms with van der Waals surface area (Å²) in [6.45, 7) is 2.65. The molecular formula is C13H14N4OS. The number of rotatable bonds is 4. The van der Waals surface area contributed by atoms with Crippen molar-refractivity contribution in [1.29, 1.82) is 0 Å². The number of nitrogens with zero attached hydrogens (tertiary/aromatic N) is 2. The second kappa shape index (κ2) is 4.89. The highest BCUT2D eigenvalue weighted by atomic mass is 32.1. The van der Waals surface area contributed by atoms with Gasteiger partial charge in [-0.3, -0.25) is 5.10 Å². The number of ether oxygens (including phenoxy) is 1. The molecule has 3 aromatic rings. The second-order valence-corrected chi connectivity index (χ2v) is 5.28. The number of H-pyrrole nitrogens is 1. The summed E-state index contributed by atoms with van der Waals surface area (Å²) in [6.07, 6.45) is 0. The summed E-state index contributed by atoms with van der Waals surface area (Å²) in [5.74, 6) is 0.852. The maximum Gasteiger partial charge on any atom is 0.184 e. The average Bonchev–Trinajstić information content (AvgIpc) is 3.01. The van der Waals surface area contributed by atoms with E-state index in [-0.39, 0.29) is 0 Å². The molecule has 0 radical (unpaired) electrons. The normalized spacial score (nSPS) is 10.8. The van der Waals surface area contributed by atoms with Gasteiger partial charge in [-0.2, -0.15) is 5.10 Å². The maximum atomic E-state index is 5.21. The molecule has 0 fully saturated rings. The van der Waals surface area contributed by atoms with Crippen LogP contribution in [0.1, 0.15) is 11.4 Å². The Morgan fingerprint density at radius 3 is 3.00 bits per heavy atom. The molecule has 0 spiro atoms. The van der Waals surface area contributed by atoms with Crippen LogP contribution in [0.4, 0.5) is 5.13 Å². The van der Waals surface area contributed by atoms with Crippen LogP contribution in [-0.2, 0) is 6.54 Å². The summed E-state index contributed by atoms with van der Waals surface area (Å²) in [6, 6.07) is 7.90. The van der Waals surface area contributed by atoms with Crippen LogP contribution in [0.15, 0.2) is 24.3 Å². The quantitative estimate of drug-likeness (QED) is 0.768. The van der Waals surface area contributed by atoms with Crippen LogP contribution in [0.25, 0.3) is 10.2 Å². The van der Waals surface area contributed by atoms with E-state index in [1.807, 2.05) is 31.2 Å². The lowest BCUT2D eigenvalue weighted by molar-refractivity contribution is 0.415. The molecule has 2 aromatic heterocycles. The van der Waals surface area contributed by atoms with Gasteiger partial charge in [0.25, 0.3) is 0 Å². The lowest BCUT2D eigenvalue weighted by Gasteiger charge is -1.97. The third kappa shape index (κ3) is 2.53. The van der Waals surface area contributed by atoms with E-state index in [1.54, 1.807) is 18.4 Å². The number of aryl methyl sites for hydroxylation is 1. The van der Waals surface area contributed by atoms with Crippen LogP contribution >= 0.6 is 11.3 Å². The molecule has 0 amide bonds. The van der Waals surface area contributed by atoms with E-state index in [4.69, 9.17) is 4.74 Å². The summed E-state index contributed by atoms with van der Waals surface area (Å²) in [4.78, 5) is 4.52. The van der Waals surface area contributed by atoms with Crippen LogP contribution in [-0.4, -0.2) is 22.3 Å². The monoisotopic (exact) mass is 274 g/mol. The van der Waals surface area contributed by atoms with Gasteiger partial charge in [-0.25, -0.2) is 4.98 Å². The number of methoxy groups -OCH3 is 1. The Balaban J connectivity index is 1.77. The number of nitrogens with one attached hydrogen (secondary N) is 2. The number of anilines is 1. The minimum absolute atomic E-state index is 0.668. The van der Waals surface area contributed by atoms with Gasteiger partial charge in [0.1, 0.15) is 5.75 Å². The molecule has 2 heterocycles. The average molecular weight is 274 g/mol. The zero-order chi connectivity index (χ0) is 13.2. The minimum Gasteiger partial charge on any atom is -0.497 e. The van der Waals surface area contributed by atoms with E-state index in [0.29, 0.717) is 6.54 Å². The molecule has 98 valence electrons. The number of thiazole rings is 1. The van der Waals surface area contributed by atoms with Gasteiger partial charge in [0.15, 0.2) is 5.13 Å².